The average molecular weight is 476 g/mol. The molecule has 5 heteroatoms. The monoisotopic (exact) mass is 475 g/mol. The predicted octanol–water partition coefficient (Wildman–Crippen LogP) is 6.07. The lowest BCUT2D eigenvalue weighted by molar-refractivity contribution is 0.109. The van der Waals surface area contributed by atoms with Crippen LogP contribution in [0, 0.1) is 0 Å². The molecule has 1 aliphatic heterocycles. The Labute approximate surface area is 191 Å². The smallest absolute Gasteiger partial charge is 0.140 e. The van der Waals surface area contributed by atoms with E-state index in [1.165, 1.54) is 11.1 Å². The molecule has 0 spiro atoms. The second-order valence-corrected chi connectivity index (χ2v) is 9.31. The highest BCUT2D eigenvalue weighted by molar-refractivity contribution is 9.10. The van der Waals surface area contributed by atoms with E-state index in [2.05, 4.69) is 92.1 Å². The molecule has 0 atom stereocenters. The Kier molecular flexibility index (Phi) is 5.55. The molecule has 3 heterocycles. The molecular formula is C26H26BrN3O. The van der Waals surface area contributed by atoms with E-state index < -0.39 is 0 Å². The molecule has 0 aliphatic carbocycles. The summed E-state index contributed by atoms with van der Waals surface area (Å²) >= 11 is 3.62. The van der Waals surface area contributed by atoms with E-state index >= 15 is 0 Å². The van der Waals surface area contributed by atoms with Gasteiger partial charge < -0.3 is 9.14 Å². The summed E-state index contributed by atoms with van der Waals surface area (Å²) < 4.78 is 8.93. The third-order valence-electron chi connectivity index (χ3n) is 5.81. The molecule has 158 valence electrons. The molecule has 0 amide bonds. The van der Waals surface area contributed by atoms with Crippen LogP contribution in [0.2, 0.25) is 0 Å². The number of fused-ring (bicyclic) bond motifs is 1. The summed E-state index contributed by atoms with van der Waals surface area (Å²) in [5.41, 5.74) is 4.74. The molecule has 2 aromatic carbocycles. The van der Waals surface area contributed by atoms with Crippen molar-refractivity contribution in [3.05, 3.63) is 100 Å². The third-order valence-corrected chi connectivity index (χ3v) is 6.41. The van der Waals surface area contributed by atoms with Gasteiger partial charge >= 0.3 is 0 Å². The van der Waals surface area contributed by atoms with Crippen LogP contribution in [0.3, 0.4) is 0 Å². The first-order valence-corrected chi connectivity index (χ1v) is 11.6. The number of benzene rings is 2. The zero-order chi connectivity index (χ0) is 21.4. The van der Waals surface area contributed by atoms with Crippen LogP contribution in [0.1, 0.15) is 42.6 Å². The highest BCUT2D eigenvalue weighted by Crippen LogP contribution is 2.38. The van der Waals surface area contributed by atoms with Gasteiger partial charge in [0.05, 0.1) is 22.3 Å². The van der Waals surface area contributed by atoms with Gasteiger partial charge in [0, 0.05) is 37.5 Å². The number of rotatable bonds is 6. The number of ether oxygens (including phenoxy) is 1. The van der Waals surface area contributed by atoms with Gasteiger partial charge in [0.15, 0.2) is 0 Å². The second kappa shape index (κ2) is 8.48. The van der Waals surface area contributed by atoms with Crippen molar-refractivity contribution in [2.45, 2.75) is 31.9 Å². The number of halogens is 1. The summed E-state index contributed by atoms with van der Waals surface area (Å²) in [7, 11) is 0. The normalized spacial score (nSPS) is 15.0. The minimum Gasteiger partial charge on any atom is -0.490 e. The molecule has 1 fully saturated rings. The van der Waals surface area contributed by atoms with Crippen molar-refractivity contribution in [1.29, 1.82) is 0 Å². The third kappa shape index (κ3) is 4.12. The number of aromatic nitrogens is 2. The van der Waals surface area contributed by atoms with Crippen molar-refractivity contribution in [3.63, 3.8) is 0 Å². The summed E-state index contributed by atoms with van der Waals surface area (Å²) in [6.07, 6.45) is 4.32. The average Bonchev–Trinajstić information content (AvgIpc) is 3.13. The van der Waals surface area contributed by atoms with Crippen molar-refractivity contribution in [3.8, 4) is 5.75 Å². The first-order valence-electron chi connectivity index (χ1n) is 10.8. The summed E-state index contributed by atoms with van der Waals surface area (Å²) in [5, 5.41) is 0. The van der Waals surface area contributed by atoms with Gasteiger partial charge in [0.1, 0.15) is 11.4 Å². The van der Waals surface area contributed by atoms with Gasteiger partial charge in [-0.25, -0.2) is 4.98 Å². The number of nitrogens with zero attached hydrogens (tertiary/aromatic N) is 3. The standard InChI is InChI=1S/C26H26BrN3O/c1-18(2)31-24-13-25-28-23(17-29(25)16-22(24)27)21-14-30(15-21)26(19-9-5-3-6-10-19)20-11-7-4-8-12-20/h3-13,16-18,21,26H,14-15H2,1-2H3. The molecule has 0 unspecified atom stereocenters. The molecule has 4 aromatic rings. The van der Waals surface area contributed by atoms with Crippen molar-refractivity contribution >= 4 is 21.6 Å². The topological polar surface area (TPSA) is 29.8 Å². The summed E-state index contributed by atoms with van der Waals surface area (Å²) in [5.74, 6) is 1.27. The van der Waals surface area contributed by atoms with Crippen molar-refractivity contribution < 1.29 is 4.74 Å². The number of hydrogen-bond donors (Lipinski definition) is 0. The molecule has 5 rings (SSSR count). The molecule has 0 N–H and O–H groups in total. The van der Waals surface area contributed by atoms with E-state index in [1.807, 2.05) is 26.1 Å². The fourth-order valence-corrected chi connectivity index (χ4v) is 4.77. The first-order chi connectivity index (χ1) is 15.1. The number of hydrogen-bond acceptors (Lipinski definition) is 3. The van der Waals surface area contributed by atoms with E-state index in [0.29, 0.717) is 5.92 Å². The van der Waals surface area contributed by atoms with Crippen LogP contribution in [0.4, 0.5) is 0 Å². The van der Waals surface area contributed by atoms with Gasteiger partial charge in [0.2, 0.25) is 0 Å². The Morgan fingerprint density at radius 3 is 2.13 bits per heavy atom. The minimum absolute atomic E-state index is 0.126. The van der Waals surface area contributed by atoms with Crippen LogP contribution in [0.5, 0.6) is 5.75 Å². The molecule has 1 saturated heterocycles. The van der Waals surface area contributed by atoms with Crippen LogP contribution >= 0.6 is 15.9 Å². The van der Waals surface area contributed by atoms with E-state index in [1.54, 1.807) is 0 Å². The number of pyridine rings is 1. The van der Waals surface area contributed by atoms with Crippen molar-refractivity contribution in [2.24, 2.45) is 0 Å². The minimum atomic E-state index is 0.126. The Bertz CT molecular complexity index is 1130. The van der Waals surface area contributed by atoms with E-state index in [-0.39, 0.29) is 12.1 Å². The van der Waals surface area contributed by atoms with E-state index in [4.69, 9.17) is 9.72 Å². The van der Waals surface area contributed by atoms with Crippen molar-refractivity contribution in [1.82, 2.24) is 14.3 Å². The van der Waals surface area contributed by atoms with Crippen LogP contribution in [-0.4, -0.2) is 33.5 Å². The van der Waals surface area contributed by atoms with Gasteiger partial charge in [-0.1, -0.05) is 60.7 Å². The Balaban J connectivity index is 1.38. The fraction of sp³-hybridized carbons (Fsp3) is 0.269. The molecular weight excluding hydrogens is 450 g/mol. The maximum absolute atomic E-state index is 5.90. The molecule has 4 nitrogen and oxygen atoms in total. The fourth-order valence-electron chi connectivity index (χ4n) is 4.35. The quantitative estimate of drug-likeness (QED) is 0.338. The van der Waals surface area contributed by atoms with Gasteiger partial charge in [0.25, 0.3) is 0 Å². The van der Waals surface area contributed by atoms with Crippen LogP contribution in [0.15, 0.2) is 83.6 Å². The lowest BCUT2D eigenvalue weighted by Gasteiger charge is -2.44. The van der Waals surface area contributed by atoms with Gasteiger partial charge in [-0.15, -0.1) is 0 Å². The number of imidazole rings is 1. The summed E-state index contributed by atoms with van der Waals surface area (Å²) in [6.45, 7) is 6.06. The van der Waals surface area contributed by atoms with Crippen LogP contribution < -0.4 is 4.74 Å². The maximum atomic E-state index is 5.90. The number of likely N-dealkylation sites (tertiary alicyclic amines) is 1. The first kappa shape index (κ1) is 20.3. The Hall–Kier alpha value is -2.63. The SMILES string of the molecule is CC(C)Oc1cc2nc(C3CN(C(c4ccccc4)c4ccccc4)C3)cn2cc1Br. The maximum Gasteiger partial charge on any atom is 0.140 e. The Morgan fingerprint density at radius 1 is 0.935 bits per heavy atom. The van der Waals surface area contributed by atoms with Crippen molar-refractivity contribution in [2.75, 3.05) is 13.1 Å². The highest BCUT2D eigenvalue weighted by atomic mass is 79.9. The van der Waals surface area contributed by atoms with Gasteiger partial charge in [-0.05, 0) is 40.9 Å². The second-order valence-electron chi connectivity index (χ2n) is 8.46. The van der Waals surface area contributed by atoms with Crippen LogP contribution in [-0.2, 0) is 0 Å². The lowest BCUT2D eigenvalue weighted by Crippen LogP contribution is -2.47. The molecule has 0 saturated carbocycles. The van der Waals surface area contributed by atoms with Gasteiger partial charge in [-0.2, -0.15) is 0 Å². The molecule has 31 heavy (non-hydrogen) atoms. The zero-order valence-corrected chi connectivity index (χ0v) is 19.4. The highest BCUT2D eigenvalue weighted by Gasteiger charge is 2.36. The molecule has 2 aromatic heterocycles. The zero-order valence-electron chi connectivity index (χ0n) is 17.8. The largest absolute Gasteiger partial charge is 0.490 e. The molecule has 0 radical (unpaired) electrons. The van der Waals surface area contributed by atoms with Crippen LogP contribution in [0.25, 0.3) is 5.65 Å². The predicted molar refractivity (Wildman–Crippen MR) is 128 cm³/mol. The van der Waals surface area contributed by atoms with E-state index in [9.17, 15) is 0 Å². The molecule has 0 bridgehead atoms. The molecule has 1 aliphatic rings. The van der Waals surface area contributed by atoms with E-state index in [0.717, 1.165) is 34.7 Å². The lowest BCUT2D eigenvalue weighted by atomic mass is 9.89. The Morgan fingerprint density at radius 2 is 1.55 bits per heavy atom. The van der Waals surface area contributed by atoms with Gasteiger partial charge in [-0.3, -0.25) is 4.90 Å². The summed E-state index contributed by atoms with van der Waals surface area (Å²) in [4.78, 5) is 7.46. The summed E-state index contributed by atoms with van der Waals surface area (Å²) in [6, 6.07) is 23.8.